The summed E-state index contributed by atoms with van der Waals surface area (Å²) in [4.78, 5) is 25.0. The number of nitrogens with one attached hydrogen (secondary N) is 1. The number of halogens is 1. The Morgan fingerprint density at radius 1 is 1.38 bits per heavy atom. The Balaban J connectivity index is 1.61. The third-order valence-electron chi connectivity index (χ3n) is 3.66. The van der Waals surface area contributed by atoms with Crippen LogP contribution in [-0.4, -0.2) is 45.4 Å². The molecule has 1 aliphatic heterocycles. The molecule has 3 rings (SSSR count). The molecule has 8 nitrogen and oxygen atoms in total. The van der Waals surface area contributed by atoms with E-state index in [4.69, 9.17) is 9.15 Å². The highest BCUT2D eigenvalue weighted by atomic mass is 32.2. The number of para-hydroxylation sites is 1. The highest BCUT2D eigenvalue weighted by molar-refractivity contribution is 8.00. The normalized spacial score (nSPS) is 16.3. The average Bonchev–Trinajstić information content (AvgIpc) is 3.25. The van der Waals surface area contributed by atoms with Gasteiger partial charge in [0.05, 0.1) is 5.25 Å². The zero-order valence-electron chi connectivity index (χ0n) is 14.1. The standard InChI is InChI=1S/C16H17FN4O4S/c1-9(24-12-6-4-3-5-11(12)17)13-19-20-16(25-13)26-10(2)14(22)21-8-7-18-15(21)23/h3-6,9-10H,7-8H2,1-2H3,(H,18,23)/t9-,10+/m1/s1. The highest BCUT2D eigenvalue weighted by Crippen LogP contribution is 2.28. The summed E-state index contributed by atoms with van der Waals surface area (Å²) in [5, 5.41) is 9.92. The summed E-state index contributed by atoms with van der Waals surface area (Å²) in [6.45, 7) is 4.09. The molecular weight excluding hydrogens is 363 g/mol. The van der Waals surface area contributed by atoms with Crippen molar-refractivity contribution < 1.29 is 23.1 Å². The maximum atomic E-state index is 13.6. The van der Waals surface area contributed by atoms with E-state index >= 15 is 0 Å². The molecule has 26 heavy (non-hydrogen) atoms. The summed E-state index contributed by atoms with van der Waals surface area (Å²) in [6.07, 6.45) is -0.663. The Bertz CT molecular complexity index is 815. The number of imide groups is 1. The number of amides is 3. The number of benzene rings is 1. The average molecular weight is 380 g/mol. The van der Waals surface area contributed by atoms with Crippen LogP contribution in [0.2, 0.25) is 0 Å². The van der Waals surface area contributed by atoms with E-state index in [1.807, 2.05) is 0 Å². The van der Waals surface area contributed by atoms with Gasteiger partial charge in [-0.2, -0.15) is 0 Å². The van der Waals surface area contributed by atoms with Crippen LogP contribution in [0.15, 0.2) is 33.9 Å². The largest absolute Gasteiger partial charge is 0.478 e. The van der Waals surface area contributed by atoms with Crippen LogP contribution in [0, 0.1) is 5.82 Å². The van der Waals surface area contributed by atoms with Crippen LogP contribution in [0.5, 0.6) is 5.75 Å². The highest BCUT2D eigenvalue weighted by Gasteiger charge is 2.31. The second-order valence-corrected chi connectivity index (χ2v) is 6.87. The van der Waals surface area contributed by atoms with Gasteiger partial charge in [-0.05, 0) is 26.0 Å². The monoisotopic (exact) mass is 380 g/mol. The lowest BCUT2D eigenvalue weighted by molar-refractivity contribution is -0.126. The number of hydrogen-bond donors (Lipinski definition) is 1. The first-order valence-corrected chi connectivity index (χ1v) is 8.84. The molecular formula is C16H17FN4O4S. The number of urea groups is 1. The van der Waals surface area contributed by atoms with Crippen molar-refractivity contribution in [2.45, 2.75) is 30.4 Å². The van der Waals surface area contributed by atoms with E-state index in [-0.39, 0.29) is 22.8 Å². The number of carbonyl (C=O) groups is 2. The van der Waals surface area contributed by atoms with E-state index < -0.39 is 23.2 Å². The fourth-order valence-electron chi connectivity index (χ4n) is 2.32. The Hall–Kier alpha value is -2.62. The Morgan fingerprint density at radius 3 is 2.85 bits per heavy atom. The SMILES string of the molecule is C[C@H](Sc1nnc([C@@H](C)Oc2ccccc2F)o1)C(=O)N1CCNC1=O. The zero-order valence-corrected chi connectivity index (χ0v) is 15.0. The summed E-state index contributed by atoms with van der Waals surface area (Å²) in [6, 6.07) is 5.61. The molecule has 0 radical (unpaired) electrons. The van der Waals surface area contributed by atoms with Gasteiger partial charge in [0.15, 0.2) is 17.7 Å². The fourth-order valence-corrected chi connectivity index (χ4v) is 3.07. The zero-order chi connectivity index (χ0) is 18.7. The smallest absolute Gasteiger partial charge is 0.324 e. The molecule has 0 aliphatic carbocycles. The molecule has 10 heteroatoms. The predicted molar refractivity (Wildman–Crippen MR) is 90.2 cm³/mol. The van der Waals surface area contributed by atoms with Gasteiger partial charge in [-0.1, -0.05) is 23.9 Å². The van der Waals surface area contributed by atoms with Crippen LogP contribution in [-0.2, 0) is 4.79 Å². The molecule has 138 valence electrons. The molecule has 1 aromatic carbocycles. The van der Waals surface area contributed by atoms with Crippen LogP contribution in [0.1, 0.15) is 25.8 Å². The summed E-state index contributed by atoms with van der Waals surface area (Å²) in [5.74, 6) is -0.581. The summed E-state index contributed by atoms with van der Waals surface area (Å²) >= 11 is 1.05. The topological polar surface area (TPSA) is 97.6 Å². The van der Waals surface area contributed by atoms with E-state index in [0.717, 1.165) is 16.7 Å². The molecule has 1 aliphatic rings. The predicted octanol–water partition coefficient (Wildman–Crippen LogP) is 2.38. The molecule has 1 saturated heterocycles. The lowest BCUT2D eigenvalue weighted by atomic mass is 10.3. The van der Waals surface area contributed by atoms with Gasteiger partial charge < -0.3 is 14.5 Å². The number of aromatic nitrogens is 2. The Morgan fingerprint density at radius 2 is 2.15 bits per heavy atom. The van der Waals surface area contributed by atoms with Crippen LogP contribution in [0.3, 0.4) is 0 Å². The molecule has 2 atom stereocenters. The van der Waals surface area contributed by atoms with E-state index in [1.54, 1.807) is 26.0 Å². The van der Waals surface area contributed by atoms with Crippen molar-refractivity contribution in [2.24, 2.45) is 0 Å². The molecule has 0 spiro atoms. The van der Waals surface area contributed by atoms with Crippen LogP contribution in [0.4, 0.5) is 9.18 Å². The van der Waals surface area contributed by atoms with Gasteiger partial charge in [-0.15, -0.1) is 10.2 Å². The quantitative estimate of drug-likeness (QED) is 0.769. The van der Waals surface area contributed by atoms with E-state index in [9.17, 15) is 14.0 Å². The minimum Gasteiger partial charge on any atom is -0.478 e. The van der Waals surface area contributed by atoms with Crippen molar-refractivity contribution in [1.82, 2.24) is 20.4 Å². The van der Waals surface area contributed by atoms with Crippen molar-refractivity contribution in [2.75, 3.05) is 13.1 Å². The first kappa shape index (κ1) is 18.2. The number of ether oxygens (including phenoxy) is 1. The third kappa shape index (κ3) is 3.96. The van der Waals surface area contributed by atoms with Crippen molar-refractivity contribution in [3.63, 3.8) is 0 Å². The number of thioether (sulfide) groups is 1. The summed E-state index contributed by atoms with van der Waals surface area (Å²) < 4.78 is 24.6. The Labute approximate surface area is 153 Å². The Kier molecular flexibility index (Phi) is 5.40. The molecule has 1 aromatic heterocycles. The van der Waals surface area contributed by atoms with E-state index in [0.29, 0.717) is 13.1 Å². The molecule has 3 amide bonds. The lowest BCUT2D eigenvalue weighted by Crippen LogP contribution is -2.38. The van der Waals surface area contributed by atoms with Gasteiger partial charge in [0, 0.05) is 13.1 Å². The molecule has 0 bridgehead atoms. The first-order valence-electron chi connectivity index (χ1n) is 7.96. The number of hydrogen-bond acceptors (Lipinski definition) is 7. The molecule has 0 unspecified atom stereocenters. The molecule has 1 N–H and O–H groups in total. The van der Waals surface area contributed by atoms with Crippen molar-refractivity contribution in [3.8, 4) is 5.75 Å². The second-order valence-electron chi connectivity index (χ2n) is 5.58. The maximum Gasteiger partial charge on any atom is 0.324 e. The van der Waals surface area contributed by atoms with Crippen molar-refractivity contribution in [1.29, 1.82) is 0 Å². The minimum absolute atomic E-state index is 0.0796. The van der Waals surface area contributed by atoms with Crippen LogP contribution in [0.25, 0.3) is 0 Å². The molecule has 0 saturated carbocycles. The van der Waals surface area contributed by atoms with Crippen LogP contribution < -0.4 is 10.1 Å². The van der Waals surface area contributed by atoms with Crippen molar-refractivity contribution in [3.05, 3.63) is 36.0 Å². The van der Waals surface area contributed by atoms with Crippen LogP contribution >= 0.6 is 11.8 Å². The number of nitrogens with zero attached hydrogens (tertiary/aromatic N) is 3. The van der Waals surface area contributed by atoms with Gasteiger partial charge in [-0.25, -0.2) is 9.18 Å². The third-order valence-corrected chi connectivity index (χ3v) is 4.58. The lowest BCUT2D eigenvalue weighted by Gasteiger charge is -2.15. The maximum absolute atomic E-state index is 13.6. The summed E-state index contributed by atoms with van der Waals surface area (Å²) in [7, 11) is 0. The molecule has 1 fully saturated rings. The first-order chi connectivity index (χ1) is 12.5. The van der Waals surface area contributed by atoms with E-state index in [2.05, 4.69) is 15.5 Å². The van der Waals surface area contributed by atoms with Gasteiger partial charge in [0.1, 0.15) is 0 Å². The minimum atomic E-state index is -0.663. The van der Waals surface area contributed by atoms with Gasteiger partial charge in [0.2, 0.25) is 5.91 Å². The fraction of sp³-hybridized carbons (Fsp3) is 0.375. The summed E-state index contributed by atoms with van der Waals surface area (Å²) in [5.41, 5.74) is 0. The van der Waals surface area contributed by atoms with Crippen molar-refractivity contribution >= 4 is 23.7 Å². The second kappa shape index (κ2) is 7.73. The number of carbonyl (C=O) groups excluding carboxylic acids is 2. The number of rotatable bonds is 6. The van der Waals surface area contributed by atoms with E-state index in [1.165, 1.54) is 12.1 Å². The van der Waals surface area contributed by atoms with Gasteiger partial charge in [-0.3, -0.25) is 9.69 Å². The molecule has 2 heterocycles. The molecule has 2 aromatic rings. The van der Waals surface area contributed by atoms with Gasteiger partial charge >= 0.3 is 6.03 Å². The van der Waals surface area contributed by atoms with Gasteiger partial charge in [0.25, 0.3) is 11.1 Å².